The van der Waals surface area contributed by atoms with Gasteiger partial charge in [-0.3, -0.25) is 10.00 Å². The Kier molecular flexibility index (Phi) is 3.43. The Labute approximate surface area is 111 Å². The van der Waals surface area contributed by atoms with Gasteiger partial charge in [0.05, 0.1) is 29.1 Å². The number of thiazole rings is 1. The molecule has 18 heavy (non-hydrogen) atoms. The van der Waals surface area contributed by atoms with Gasteiger partial charge in [0.1, 0.15) is 0 Å². The Morgan fingerprint density at radius 1 is 1.50 bits per heavy atom. The lowest BCUT2D eigenvalue weighted by atomic mass is 9.97. The van der Waals surface area contributed by atoms with E-state index in [0.29, 0.717) is 6.04 Å². The first-order chi connectivity index (χ1) is 8.84. The number of aromatic amines is 1. The van der Waals surface area contributed by atoms with Gasteiger partial charge in [-0.1, -0.05) is 6.42 Å². The summed E-state index contributed by atoms with van der Waals surface area (Å²) in [5, 5.41) is 9.48. The summed E-state index contributed by atoms with van der Waals surface area (Å²) in [6.07, 6.45) is 5.72. The van der Waals surface area contributed by atoms with Crippen LogP contribution >= 0.6 is 11.3 Å². The highest BCUT2D eigenvalue weighted by Gasteiger charge is 2.26. The number of hydrogen-bond acceptors (Lipinski definition) is 4. The predicted molar refractivity (Wildman–Crippen MR) is 72.4 cm³/mol. The summed E-state index contributed by atoms with van der Waals surface area (Å²) in [4.78, 5) is 6.93. The van der Waals surface area contributed by atoms with Crippen LogP contribution in [0.1, 0.15) is 42.3 Å². The van der Waals surface area contributed by atoms with Gasteiger partial charge < -0.3 is 0 Å². The summed E-state index contributed by atoms with van der Waals surface area (Å²) >= 11 is 1.67. The maximum Gasteiger partial charge on any atom is 0.0795 e. The van der Waals surface area contributed by atoms with E-state index in [-0.39, 0.29) is 0 Å². The zero-order valence-corrected chi connectivity index (χ0v) is 11.4. The topological polar surface area (TPSA) is 44.8 Å². The molecule has 3 heterocycles. The summed E-state index contributed by atoms with van der Waals surface area (Å²) in [5.41, 5.74) is 5.65. The first-order valence-corrected chi connectivity index (χ1v) is 7.40. The first kappa shape index (κ1) is 11.9. The molecule has 0 spiro atoms. The third-order valence-corrected chi connectivity index (χ3v) is 4.30. The number of H-pyrrole nitrogens is 1. The fraction of sp³-hybridized carbons (Fsp3) is 0.538. The van der Waals surface area contributed by atoms with E-state index in [9.17, 15) is 0 Å². The standard InChI is InChI=1S/C13H18N4S/c1-10-6-15-16-13(10)12-4-2-3-5-17(12)7-11-8-18-9-14-11/h6,8-9,12H,2-5,7H2,1H3,(H,15,16). The minimum atomic E-state index is 0.475. The van der Waals surface area contributed by atoms with Gasteiger partial charge in [-0.25, -0.2) is 4.98 Å². The van der Waals surface area contributed by atoms with Crippen molar-refractivity contribution in [3.63, 3.8) is 0 Å². The van der Waals surface area contributed by atoms with Gasteiger partial charge in [0.25, 0.3) is 0 Å². The van der Waals surface area contributed by atoms with Gasteiger partial charge in [-0.05, 0) is 31.9 Å². The highest BCUT2D eigenvalue weighted by atomic mass is 32.1. The second-order valence-corrected chi connectivity index (χ2v) is 5.65. The molecule has 1 aliphatic rings. The van der Waals surface area contributed by atoms with Crippen molar-refractivity contribution in [2.24, 2.45) is 0 Å². The van der Waals surface area contributed by atoms with Crippen LogP contribution in [-0.4, -0.2) is 26.6 Å². The number of nitrogens with one attached hydrogen (secondary N) is 1. The van der Waals surface area contributed by atoms with Gasteiger partial charge in [-0.15, -0.1) is 11.3 Å². The van der Waals surface area contributed by atoms with Crippen molar-refractivity contribution in [2.45, 2.75) is 38.8 Å². The van der Waals surface area contributed by atoms with Crippen LogP contribution in [0.2, 0.25) is 0 Å². The lowest BCUT2D eigenvalue weighted by molar-refractivity contribution is 0.135. The van der Waals surface area contributed by atoms with E-state index in [2.05, 4.69) is 32.4 Å². The lowest BCUT2D eigenvalue weighted by Crippen LogP contribution is -2.33. The Morgan fingerprint density at radius 3 is 3.17 bits per heavy atom. The van der Waals surface area contributed by atoms with Gasteiger partial charge in [-0.2, -0.15) is 5.10 Å². The smallest absolute Gasteiger partial charge is 0.0795 e. The van der Waals surface area contributed by atoms with Crippen LogP contribution in [-0.2, 0) is 6.54 Å². The number of nitrogens with zero attached hydrogens (tertiary/aromatic N) is 3. The van der Waals surface area contributed by atoms with Crippen molar-refractivity contribution in [1.82, 2.24) is 20.1 Å². The van der Waals surface area contributed by atoms with E-state index in [4.69, 9.17) is 0 Å². The molecule has 4 nitrogen and oxygen atoms in total. The molecule has 0 bridgehead atoms. The largest absolute Gasteiger partial charge is 0.289 e. The molecule has 1 saturated heterocycles. The van der Waals surface area contributed by atoms with Crippen molar-refractivity contribution in [3.05, 3.63) is 34.0 Å². The van der Waals surface area contributed by atoms with Gasteiger partial charge in [0.15, 0.2) is 0 Å². The fourth-order valence-electron chi connectivity index (χ4n) is 2.72. The molecule has 1 fully saturated rings. The third kappa shape index (κ3) is 2.33. The van der Waals surface area contributed by atoms with E-state index >= 15 is 0 Å². The zero-order chi connectivity index (χ0) is 12.4. The van der Waals surface area contributed by atoms with Crippen LogP contribution in [0.5, 0.6) is 0 Å². The van der Waals surface area contributed by atoms with Crippen molar-refractivity contribution in [3.8, 4) is 0 Å². The first-order valence-electron chi connectivity index (χ1n) is 6.45. The number of piperidine rings is 1. The van der Waals surface area contributed by atoms with E-state index in [1.807, 2.05) is 11.7 Å². The van der Waals surface area contributed by atoms with Crippen molar-refractivity contribution >= 4 is 11.3 Å². The number of aryl methyl sites for hydroxylation is 1. The van der Waals surface area contributed by atoms with Gasteiger partial charge in [0, 0.05) is 11.9 Å². The van der Waals surface area contributed by atoms with Crippen LogP contribution in [0.25, 0.3) is 0 Å². The lowest BCUT2D eigenvalue weighted by Gasteiger charge is -2.35. The van der Waals surface area contributed by atoms with Gasteiger partial charge in [0.2, 0.25) is 0 Å². The van der Waals surface area contributed by atoms with Crippen molar-refractivity contribution < 1.29 is 0 Å². The molecule has 1 atom stereocenters. The molecule has 96 valence electrons. The Balaban J connectivity index is 1.80. The number of rotatable bonds is 3. The molecule has 1 N–H and O–H groups in total. The summed E-state index contributed by atoms with van der Waals surface area (Å²) in [5.74, 6) is 0. The van der Waals surface area contributed by atoms with Crippen LogP contribution in [0.3, 0.4) is 0 Å². The molecule has 0 saturated carbocycles. The number of likely N-dealkylation sites (tertiary alicyclic amines) is 1. The normalized spacial score (nSPS) is 21.3. The van der Waals surface area contributed by atoms with E-state index in [1.54, 1.807) is 11.3 Å². The Bertz CT molecular complexity index is 491. The average Bonchev–Trinajstić information content (AvgIpc) is 3.02. The molecule has 1 unspecified atom stereocenters. The summed E-state index contributed by atoms with van der Waals surface area (Å²) in [6.45, 7) is 4.24. The minimum Gasteiger partial charge on any atom is -0.289 e. The molecule has 5 heteroatoms. The molecule has 0 aromatic carbocycles. The van der Waals surface area contributed by atoms with E-state index in [0.717, 1.165) is 13.1 Å². The number of hydrogen-bond donors (Lipinski definition) is 1. The molecule has 2 aromatic rings. The van der Waals surface area contributed by atoms with Gasteiger partial charge >= 0.3 is 0 Å². The maximum absolute atomic E-state index is 4.40. The molecule has 0 amide bonds. The quantitative estimate of drug-likeness (QED) is 0.925. The second-order valence-electron chi connectivity index (χ2n) is 4.93. The van der Waals surface area contributed by atoms with Crippen LogP contribution in [0.4, 0.5) is 0 Å². The van der Waals surface area contributed by atoms with E-state index < -0.39 is 0 Å². The second kappa shape index (κ2) is 5.20. The van der Waals surface area contributed by atoms with Crippen LogP contribution < -0.4 is 0 Å². The molecule has 0 aliphatic carbocycles. The predicted octanol–water partition coefficient (Wildman–Crippen LogP) is 2.90. The van der Waals surface area contributed by atoms with E-state index in [1.165, 1.54) is 36.2 Å². The summed E-state index contributed by atoms with van der Waals surface area (Å²) < 4.78 is 0. The molecule has 3 rings (SSSR count). The van der Waals surface area contributed by atoms with Crippen molar-refractivity contribution in [2.75, 3.05) is 6.54 Å². The van der Waals surface area contributed by atoms with Crippen LogP contribution in [0, 0.1) is 6.92 Å². The molecule has 2 aromatic heterocycles. The summed E-state index contributed by atoms with van der Waals surface area (Å²) in [7, 11) is 0. The third-order valence-electron chi connectivity index (χ3n) is 3.66. The molecular weight excluding hydrogens is 244 g/mol. The average molecular weight is 262 g/mol. The maximum atomic E-state index is 4.40. The van der Waals surface area contributed by atoms with Crippen molar-refractivity contribution in [1.29, 1.82) is 0 Å². The summed E-state index contributed by atoms with van der Waals surface area (Å²) in [6, 6.07) is 0.475. The highest BCUT2D eigenvalue weighted by molar-refractivity contribution is 7.07. The number of aromatic nitrogens is 3. The zero-order valence-electron chi connectivity index (χ0n) is 10.6. The molecular formula is C13H18N4S. The fourth-order valence-corrected chi connectivity index (χ4v) is 3.27. The SMILES string of the molecule is Cc1cn[nH]c1C1CCCCN1Cc1cscn1. The van der Waals surface area contributed by atoms with Crippen LogP contribution in [0.15, 0.2) is 17.1 Å². The molecule has 0 radical (unpaired) electrons. The monoisotopic (exact) mass is 262 g/mol. The minimum absolute atomic E-state index is 0.475. The highest BCUT2D eigenvalue weighted by Crippen LogP contribution is 2.32. The Morgan fingerprint density at radius 2 is 2.44 bits per heavy atom. The molecule has 1 aliphatic heterocycles. The Hall–Kier alpha value is -1.20.